The van der Waals surface area contributed by atoms with Crippen LogP contribution in [0.3, 0.4) is 0 Å². The molecule has 0 aliphatic heterocycles. The summed E-state index contributed by atoms with van der Waals surface area (Å²) in [5.74, 6) is 0.571. The fourth-order valence-corrected chi connectivity index (χ4v) is 5.43. The summed E-state index contributed by atoms with van der Waals surface area (Å²) in [6.07, 6.45) is 10.5. The van der Waals surface area contributed by atoms with Crippen molar-refractivity contribution in [1.82, 2.24) is 0 Å². The summed E-state index contributed by atoms with van der Waals surface area (Å²) in [4.78, 5) is 0. The highest BCUT2D eigenvalue weighted by atomic mass is 79.9. The normalized spacial score (nSPS) is 23.3. The Kier molecular flexibility index (Phi) is 4.56. The number of aryl methyl sites for hydroxylation is 1. The SMILES string of the molecule is Brc1ccc(C2(c3ccccc3)C3=CC=CCC3CCc3ccccc32)cc1. The van der Waals surface area contributed by atoms with Gasteiger partial charge in [0.15, 0.2) is 0 Å². The second kappa shape index (κ2) is 7.22. The molecule has 0 aromatic heterocycles. The standard InChI is InChI=1S/C27H23Br/c28-24-18-16-23(17-19-24)27(22-10-2-1-3-11-22)25-12-6-4-8-20(25)14-15-21-9-5-7-13-26(21)27/h1-8,10-13,16-19,21H,9,14-15H2. The molecule has 0 saturated heterocycles. The molecule has 5 rings (SSSR count). The predicted molar refractivity (Wildman–Crippen MR) is 121 cm³/mol. The topological polar surface area (TPSA) is 0 Å². The molecule has 0 bridgehead atoms. The van der Waals surface area contributed by atoms with E-state index >= 15 is 0 Å². The lowest BCUT2D eigenvalue weighted by molar-refractivity contribution is 0.519. The van der Waals surface area contributed by atoms with E-state index < -0.39 is 0 Å². The Morgan fingerprint density at radius 2 is 1.50 bits per heavy atom. The molecule has 2 aliphatic rings. The van der Waals surface area contributed by atoms with Crippen LogP contribution >= 0.6 is 15.9 Å². The zero-order chi connectivity index (χ0) is 19.0. The predicted octanol–water partition coefficient (Wildman–Crippen LogP) is 7.23. The Morgan fingerprint density at radius 3 is 2.32 bits per heavy atom. The van der Waals surface area contributed by atoms with Gasteiger partial charge in [0.25, 0.3) is 0 Å². The Balaban J connectivity index is 1.93. The monoisotopic (exact) mass is 426 g/mol. The van der Waals surface area contributed by atoms with Crippen LogP contribution in [-0.2, 0) is 11.8 Å². The molecule has 0 N–H and O–H groups in total. The van der Waals surface area contributed by atoms with Crippen molar-refractivity contribution in [2.45, 2.75) is 24.7 Å². The van der Waals surface area contributed by atoms with Crippen LogP contribution in [0.25, 0.3) is 0 Å². The van der Waals surface area contributed by atoms with Crippen molar-refractivity contribution in [2.75, 3.05) is 0 Å². The third kappa shape index (κ3) is 2.72. The van der Waals surface area contributed by atoms with Gasteiger partial charge in [-0.25, -0.2) is 0 Å². The van der Waals surface area contributed by atoms with E-state index in [9.17, 15) is 0 Å². The van der Waals surface area contributed by atoms with Gasteiger partial charge in [0.05, 0.1) is 5.41 Å². The maximum absolute atomic E-state index is 3.63. The molecule has 0 nitrogen and oxygen atoms in total. The van der Waals surface area contributed by atoms with Gasteiger partial charge in [0.2, 0.25) is 0 Å². The molecule has 0 fully saturated rings. The van der Waals surface area contributed by atoms with Gasteiger partial charge >= 0.3 is 0 Å². The summed E-state index contributed by atoms with van der Waals surface area (Å²) in [6.45, 7) is 0. The molecule has 0 spiro atoms. The van der Waals surface area contributed by atoms with Gasteiger partial charge in [-0.1, -0.05) is 101 Å². The Labute approximate surface area is 175 Å². The number of halogens is 1. The average Bonchev–Trinajstić information content (AvgIpc) is 2.90. The van der Waals surface area contributed by atoms with Crippen molar-refractivity contribution in [3.8, 4) is 0 Å². The maximum Gasteiger partial charge on any atom is 0.0670 e. The summed E-state index contributed by atoms with van der Waals surface area (Å²) in [6, 6.07) is 29.1. The number of fused-ring (bicyclic) bond motifs is 2. The van der Waals surface area contributed by atoms with Crippen molar-refractivity contribution in [3.63, 3.8) is 0 Å². The van der Waals surface area contributed by atoms with E-state index in [2.05, 4.69) is 113 Å². The smallest absolute Gasteiger partial charge is 0.0670 e. The number of rotatable bonds is 2. The van der Waals surface area contributed by atoms with E-state index in [1.807, 2.05) is 0 Å². The van der Waals surface area contributed by atoms with Crippen LogP contribution in [0.2, 0.25) is 0 Å². The molecule has 2 aliphatic carbocycles. The Hall–Kier alpha value is -2.38. The lowest BCUT2D eigenvalue weighted by Crippen LogP contribution is -2.35. The highest BCUT2D eigenvalue weighted by Crippen LogP contribution is 2.53. The van der Waals surface area contributed by atoms with E-state index in [1.54, 1.807) is 0 Å². The molecular formula is C27H23Br. The van der Waals surface area contributed by atoms with Gasteiger partial charge < -0.3 is 0 Å². The van der Waals surface area contributed by atoms with Gasteiger partial charge in [-0.15, -0.1) is 0 Å². The second-order valence-corrected chi connectivity index (χ2v) is 8.72. The van der Waals surface area contributed by atoms with Gasteiger partial charge in [-0.3, -0.25) is 0 Å². The summed E-state index contributed by atoms with van der Waals surface area (Å²) >= 11 is 3.63. The minimum absolute atomic E-state index is 0.246. The number of allylic oxidation sites excluding steroid dienone is 4. The molecule has 0 saturated carbocycles. The average molecular weight is 427 g/mol. The van der Waals surface area contributed by atoms with E-state index in [0.717, 1.165) is 17.3 Å². The third-order valence-corrected chi connectivity index (χ3v) is 6.90. The molecule has 0 heterocycles. The van der Waals surface area contributed by atoms with E-state index in [1.165, 1.54) is 34.2 Å². The van der Waals surface area contributed by atoms with Crippen LogP contribution in [0, 0.1) is 5.92 Å². The Morgan fingerprint density at radius 1 is 0.786 bits per heavy atom. The highest BCUT2D eigenvalue weighted by Gasteiger charge is 2.45. The van der Waals surface area contributed by atoms with Crippen molar-refractivity contribution in [3.05, 3.63) is 129 Å². The van der Waals surface area contributed by atoms with Crippen molar-refractivity contribution in [1.29, 1.82) is 0 Å². The summed E-state index contributed by atoms with van der Waals surface area (Å²) in [5, 5.41) is 0. The molecule has 138 valence electrons. The number of benzene rings is 3. The zero-order valence-electron chi connectivity index (χ0n) is 15.8. The van der Waals surface area contributed by atoms with Crippen LogP contribution in [0.15, 0.2) is 107 Å². The minimum Gasteiger partial charge on any atom is -0.0839 e. The van der Waals surface area contributed by atoms with Crippen LogP contribution in [-0.4, -0.2) is 0 Å². The van der Waals surface area contributed by atoms with Gasteiger partial charge in [-0.2, -0.15) is 0 Å². The van der Waals surface area contributed by atoms with E-state index in [0.29, 0.717) is 5.92 Å². The van der Waals surface area contributed by atoms with Crippen molar-refractivity contribution >= 4 is 15.9 Å². The number of hydrogen-bond donors (Lipinski definition) is 0. The fourth-order valence-electron chi connectivity index (χ4n) is 5.17. The lowest BCUT2D eigenvalue weighted by atomic mass is 9.61. The second-order valence-electron chi connectivity index (χ2n) is 7.80. The molecule has 2 unspecified atom stereocenters. The molecule has 0 radical (unpaired) electrons. The van der Waals surface area contributed by atoms with Crippen LogP contribution in [0.4, 0.5) is 0 Å². The highest BCUT2D eigenvalue weighted by molar-refractivity contribution is 9.10. The van der Waals surface area contributed by atoms with Gasteiger partial charge in [0, 0.05) is 4.47 Å². The zero-order valence-corrected chi connectivity index (χ0v) is 17.4. The largest absolute Gasteiger partial charge is 0.0839 e. The number of hydrogen-bond acceptors (Lipinski definition) is 0. The summed E-state index contributed by atoms with van der Waals surface area (Å²) < 4.78 is 1.12. The molecule has 0 amide bonds. The minimum atomic E-state index is -0.246. The van der Waals surface area contributed by atoms with E-state index in [-0.39, 0.29) is 5.41 Å². The van der Waals surface area contributed by atoms with Crippen molar-refractivity contribution < 1.29 is 0 Å². The first-order valence-corrected chi connectivity index (χ1v) is 10.9. The molecule has 1 heteroatoms. The Bertz CT molecular complexity index is 1040. The molecule has 28 heavy (non-hydrogen) atoms. The summed E-state index contributed by atoms with van der Waals surface area (Å²) in [5.41, 5.74) is 6.91. The van der Waals surface area contributed by atoms with E-state index in [4.69, 9.17) is 0 Å². The van der Waals surface area contributed by atoms with Crippen LogP contribution in [0.5, 0.6) is 0 Å². The van der Waals surface area contributed by atoms with Crippen LogP contribution < -0.4 is 0 Å². The van der Waals surface area contributed by atoms with Crippen molar-refractivity contribution in [2.24, 2.45) is 5.92 Å². The van der Waals surface area contributed by atoms with Gasteiger partial charge in [-0.05, 0) is 65.1 Å². The quantitative estimate of drug-likeness (QED) is 0.405. The first-order chi connectivity index (χ1) is 13.8. The van der Waals surface area contributed by atoms with Crippen LogP contribution in [0.1, 0.15) is 35.1 Å². The molecule has 3 aromatic rings. The fraction of sp³-hybridized carbons (Fsp3) is 0.185. The third-order valence-electron chi connectivity index (χ3n) is 6.37. The first-order valence-electron chi connectivity index (χ1n) is 10.1. The maximum atomic E-state index is 3.63. The molecule has 3 aromatic carbocycles. The molecule has 2 atom stereocenters. The molecular weight excluding hydrogens is 404 g/mol. The van der Waals surface area contributed by atoms with Gasteiger partial charge in [0.1, 0.15) is 0 Å². The lowest BCUT2D eigenvalue weighted by Gasteiger charge is -2.41. The first kappa shape index (κ1) is 17.7. The summed E-state index contributed by atoms with van der Waals surface area (Å²) in [7, 11) is 0.